The maximum Gasteiger partial charge on any atom is 0.195 e. The van der Waals surface area contributed by atoms with Crippen molar-refractivity contribution in [2.75, 3.05) is 51.4 Å². The third-order valence-electron chi connectivity index (χ3n) is 5.30. The van der Waals surface area contributed by atoms with E-state index < -0.39 is 0 Å². The van der Waals surface area contributed by atoms with Crippen LogP contribution < -0.4 is 20.1 Å². The number of ether oxygens (including phenoxy) is 4. The minimum absolute atomic E-state index is 0. The number of benzene rings is 1. The first kappa shape index (κ1) is 23.4. The molecule has 7 nitrogen and oxygen atoms in total. The molecule has 168 valence electrons. The van der Waals surface area contributed by atoms with E-state index in [9.17, 15) is 0 Å². The molecule has 0 bridgehead atoms. The summed E-state index contributed by atoms with van der Waals surface area (Å²) in [7, 11) is 0. The summed E-state index contributed by atoms with van der Waals surface area (Å²) in [6.45, 7) is 5.39. The van der Waals surface area contributed by atoms with E-state index in [1.807, 2.05) is 18.2 Å². The lowest BCUT2D eigenvalue weighted by atomic mass is 10.2. The zero-order valence-corrected chi connectivity index (χ0v) is 19.9. The third-order valence-corrected chi connectivity index (χ3v) is 5.30. The van der Waals surface area contributed by atoms with E-state index in [4.69, 9.17) is 23.9 Å². The maximum atomic E-state index is 5.80. The molecule has 2 aliphatic heterocycles. The second-order valence-corrected chi connectivity index (χ2v) is 7.96. The van der Waals surface area contributed by atoms with Gasteiger partial charge in [0, 0.05) is 44.5 Å². The highest BCUT2D eigenvalue weighted by Gasteiger charge is 2.21. The van der Waals surface area contributed by atoms with Crippen molar-refractivity contribution < 1.29 is 18.9 Å². The summed E-state index contributed by atoms with van der Waals surface area (Å²) in [6, 6.07) is 5.92. The Labute approximate surface area is 196 Å². The summed E-state index contributed by atoms with van der Waals surface area (Å²) in [5, 5.41) is 6.82. The van der Waals surface area contributed by atoms with Crippen molar-refractivity contribution >= 4 is 35.6 Å². The Balaban J connectivity index is 0.00000256. The van der Waals surface area contributed by atoms with Gasteiger partial charge in [0.1, 0.15) is 0 Å². The summed E-state index contributed by atoms with van der Waals surface area (Å²) < 4.78 is 22.9. The van der Waals surface area contributed by atoms with Gasteiger partial charge in [0.15, 0.2) is 17.5 Å². The number of anilines is 1. The van der Waals surface area contributed by atoms with Crippen LogP contribution in [-0.4, -0.2) is 58.2 Å². The van der Waals surface area contributed by atoms with Crippen LogP contribution in [0.5, 0.6) is 11.5 Å². The van der Waals surface area contributed by atoms with E-state index in [1.54, 1.807) is 0 Å². The molecule has 0 amide bonds. The average Bonchev–Trinajstić information content (AvgIpc) is 3.47. The summed E-state index contributed by atoms with van der Waals surface area (Å²) >= 11 is 0. The highest BCUT2D eigenvalue weighted by atomic mass is 127. The zero-order chi connectivity index (χ0) is 19.7. The molecule has 30 heavy (non-hydrogen) atoms. The predicted molar refractivity (Wildman–Crippen MR) is 129 cm³/mol. The summed E-state index contributed by atoms with van der Waals surface area (Å²) in [4.78, 5) is 4.74. The van der Waals surface area contributed by atoms with Crippen LogP contribution in [0.2, 0.25) is 0 Å². The highest BCUT2D eigenvalue weighted by molar-refractivity contribution is 14.0. The number of rotatable bonds is 9. The van der Waals surface area contributed by atoms with Crippen LogP contribution in [0.25, 0.3) is 0 Å². The Bertz CT molecular complexity index is 678. The van der Waals surface area contributed by atoms with Crippen molar-refractivity contribution in [3.63, 3.8) is 0 Å². The minimum Gasteiger partial charge on any atom is -0.490 e. The topological polar surface area (TPSA) is 73.3 Å². The van der Waals surface area contributed by atoms with Crippen LogP contribution in [0.15, 0.2) is 23.2 Å². The van der Waals surface area contributed by atoms with Gasteiger partial charge in [-0.3, -0.25) is 4.99 Å². The predicted octanol–water partition coefficient (Wildman–Crippen LogP) is 3.82. The molecular formula is C22H34IN3O4. The van der Waals surface area contributed by atoms with Gasteiger partial charge >= 0.3 is 0 Å². The van der Waals surface area contributed by atoms with Crippen LogP contribution >= 0.6 is 24.0 Å². The zero-order valence-electron chi connectivity index (χ0n) is 17.6. The molecule has 2 N–H and O–H groups in total. The van der Waals surface area contributed by atoms with Crippen molar-refractivity contribution in [1.29, 1.82) is 0 Å². The lowest BCUT2D eigenvalue weighted by molar-refractivity contribution is 0.117. The number of hydrogen-bond donors (Lipinski definition) is 2. The lowest BCUT2D eigenvalue weighted by Crippen LogP contribution is -2.33. The van der Waals surface area contributed by atoms with Crippen molar-refractivity contribution in [1.82, 2.24) is 5.32 Å². The first-order valence-corrected chi connectivity index (χ1v) is 11.0. The van der Waals surface area contributed by atoms with Gasteiger partial charge in [0.2, 0.25) is 0 Å². The van der Waals surface area contributed by atoms with E-state index in [1.165, 1.54) is 12.8 Å². The molecule has 1 atom stereocenters. The molecule has 3 aliphatic rings. The van der Waals surface area contributed by atoms with Crippen molar-refractivity contribution in [2.24, 2.45) is 10.9 Å². The largest absolute Gasteiger partial charge is 0.490 e. The van der Waals surface area contributed by atoms with Gasteiger partial charge in [-0.25, -0.2) is 0 Å². The Kier molecular flexibility index (Phi) is 9.80. The molecule has 1 saturated carbocycles. The Morgan fingerprint density at radius 1 is 1.07 bits per heavy atom. The molecule has 1 aromatic rings. The minimum atomic E-state index is 0. The summed E-state index contributed by atoms with van der Waals surface area (Å²) in [5.74, 6) is 3.15. The van der Waals surface area contributed by atoms with Crippen molar-refractivity contribution in [3.8, 4) is 11.5 Å². The van der Waals surface area contributed by atoms with E-state index in [-0.39, 0.29) is 30.1 Å². The molecule has 2 fully saturated rings. The van der Waals surface area contributed by atoms with Crippen molar-refractivity contribution in [2.45, 2.75) is 44.6 Å². The van der Waals surface area contributed by atoms with Gasteiger partial charge in [-0.1, -0.05) is 0 Å². The summed E-state index contributed by atoms with van der Waals surface area (Å²) in [6.07, 6.45) is 6.94. The second-order valence-electron chi connectivity index (χ2n) is 7.96. The van der Waals surface area contributed by atoms with E-state index in [0.717, 1.165) is 81.1 Å². The number of nitrogens with zero attached hydrogens (tertiary/aromatic N) is 1. The van der Waals surface area contributed by atoms with E-state index >= 15 is 0 Å². The number of guanidine groups is 1. The van der Waals surface area contributed by atoms with E-state index in [2.05, 4.69) is 10.6 Å². The SMILES string of the molecule is I.c1cc2c(cc1NC(=NCC1CCCO1)NCCCOCC1CC1)OCCCO2. The number of aliphatic imine (C=N–C) groups is 1. The van der Waals surface area contributed by atoms with Gasteiger partial charge in [0.25, 0.3) is 0 Å². The molecule has 1 aromatic carbocycles. The van der Waals surface area contributed by atoms with Crippen LogP contribution in [0.1, 0.15) is 38.5 Å². The Hall–Kier alpha value is -1.26. The molecule has 2 heterocycles. The Morgan fingerprint density at radius 3 is 2.73 bits per heavy atom. The van der Waals surface area contributed by atoms with Crippen molar-refractivity contribution in [3.05, 3.63) is 18.2 Å². The van der Waals surface area contributed by atoms with E-state index in [0.29, 0.717) is 19.8 Å². The normalized spacial score (nSPS) is 20.9. The van der Waals surface area contributed by atoms with Crippen LogP contribution in [0.3, 0.4) is 0 Å². The second kappa shape index (κ2) is 12.6. The number of halogens is 1. The van der Waals surface area contributed by atoms with Gasteiger partial charge in [-0.15, -0.1) is 24.0 Å². The smallest absolute Gasteiger partial charge is 0.195 e. The average molecular weight is 531 g/mol. The molecule has 1 unspecified atom stereocenters. The monoisotopic (exact) mass is 531 g/mol. The first-order valence-electron chi connectivity index (χ1n) is 11.0. The molecule has 1 aliphatic carbocycles. The molecule has 4 rings (SSSR count). The standard InChI is InChI=1S/C22H33N3O4.HI/c1-4-19(27-11-1)15-24-22(23-9-2-10-26-16-17-5-6-17)25-18-7-8-20-21(14-18)29-13-3-12-28-20;/h7-8,14,17,19H,1-6,9-13,15-16H2,(H2,23,24,25);1H. The van der Waals surface area contributed by atoms with Crippen LogP contribution in [-0.2, 0) is 9.47 Å². The Morgan fingerprint density at radius 2 is 1.93 bits per heavy atom. The molecular weight excluding hydrogens is 497 g/mol. The molecule has 8 heteroatoms. The number of nitrogens with one attached hydrogen (secondary N) is 2. The third kappa shape index (κ3) is 7.77. The molecule has 0 aromatic heterocycles. The fraction of sp³-hybridized carbons (Fsp3) is 0.682. The lowest BCUT2D eigenvalue weighted by Gasteiger charge is -2.15. The maximum absolute atomic E-state index is 5.80. The van der Waals surface area contributed by atoms with Crippen LogP contribution in [0, 0.1) is 5.92 Å². The van der Waals surface area contributed by atoms with Gasteiger partial charge in [-0.05, 0) is 50.2 Å². The number of hydrogen-bond acceptors (Lipinski definition) is 5. The highest BCUT2D eigenvalue weighted by Crippen LogP contribution is 2.32. The molecule has 1 saturated heterocycles. The summed E-state index contributed by atoms with van der Waals surface area (Å²) in [5.41, 5.74) is 0.929. The fourth-order valence-electron chi connectivity index (χ4n) is 3.41. The van der Waals surface area contributed by atoms with Gasteiger partial charge in [-0.2, -0.15) is 0 Å². The van der Waals surface area contributed by atoms with Crippen LogP contribution in [0.4, 0.5) is 5.69 Å². The van der Waals surface area contributed by atoms with Gasteiger partial charge in [0.05, 0.1) is 25.9 Å². The molecule has 0 spiro atoms. The number of fused-ring (bicyclic) bond motifs is 1. The molecule has 0 radical (unpaired) electrons. The fourth-order valence-corrected chi connectivity index (χ4v) is 3.41. The first-order chi connectivity index (χ1) is 14.4. The quantitative estimate of drug-likeness (QED) is 0.219. The van der Waals surface area contributed by atoms with Gasteiger partial charge < -0.3 is 29.6 Å².